The molecule has 0 spiro atoms. The number of aryl methyl sites for hydroxylation is 2. The predicted octanol–water partition coefficient (Wildman–Crippen LogP) is 3.79. The average Bonchev–Trinajstić information content (AvgIpc) is 3.33. The number of H-pyrrole nitrogens is 1. The van der Waals surface area contributed by atoms with Crippen LogP contribution in [0.2, 0.25) is 0 Å². The van der Waals surface area contributed by atoms with Crippen molar-refractivity contribution in [3.05, 3.63) is 97.0 Å². The number of hydrogen-bond donors (Lipinski definition) is 1. The van der Waals surface area contributed by atoms with Gasteiger partial charge in [-0.1, -0.05) is 67.0 Å². The van der Waals surface area contributed by atoms with E-state index in [0.717, 1.165) is 35.1 Å². The molecule has 2 aromatic heterocycles. The first-order valence-electron chi connectivity index (χ1n) is 11.6. The van der Waals surface area contributed by atoms with Crippen molar-refractivity contribution < 1.29 is 9.32 Å². The van der Waals surface area contributed by atoms with Crippen molar-refractivity contribution in [1.29, 1.82) is 0 Å². The Morgan fingerprint density at radius 3 is 2.44 bits per heavy atom. The van der Waals surface area contributed by atoms with E-state index in [0.29, 0.717) is 35.7 Å². The number of aromatic amines is 1. The second-order valence-corrected chi connectivity index (χ2v) is 8.43. The number of rotatable bonds is 9. The number of amides is 1. The van der Waals surface area contributed by atoms with E-state index in [2.05, 4.69) is 31.7 Å². The van der Waals surface area contributed by atoms with Gasteiger partial charge in [0.15, 0.2) is 5.82 Å². The highest BCUT2D eigenvalue weighted by Gasteiger charge is 2.18. The minimum Gasteiger partial charge on any atom is -0.296 e. The Hall–Kier alpha value is -4.47. The molecule has 0 aliphatic rings. The Kier molecular flexibility index (Phi) is 7.43. The molecule has 1 N–H and O–H groups in total. The fraction of sp³-hybridized carbons (Fsp3) is 0.269. The van der Waals surface area contributed by atoms with Gasteiger partial charge in [0.05, 0.1) is 5.69 Å². The summed E-state index contributed by atoms with van der Waals surface area (Å²) in [5.41, 5.74) is 4.22. The summed E-state index contributed by atoms with van der Waals surface area (Å²) in [7, 11) is 0. The van der Waals surface area contributed by atoms with Crippen LogP contribution in [0.25, 0.3) is 22.5 Å². The molecule has 0 saturated carbocycles. The highest BCUT2D eigenvalue weighted by atomic mass is 16.5. The maximum Gasteiger partial charge on any atom is 0.439 e. The molecule has 0 unspecified atom stereocenters. The van der Waals surface area contributed by atoms with Crippen molar-refractivity contribution in [2.45, 2.75) is 46.1 Å². The zero-order chi connectivity index (χ0) is 25.7. The number of benzene rings is 2. The quantitative estimate of drug-likeness (QED) is 0.354. The number of nitrogens with zero attached hydrogens (tertiary/aromatic N) is 4. The van der Waals surface area contributed by atoms with Crippen LogP contribution in [0.15, 0.2) is 67.8 Å². The first-order valence-corrected chi connectivity index (χ1v) is 11.6. The van der Waals surface area contributed by atoms with Crippen molar-refractivity contribution in [1.82, 2.24) is 19.7 Å². The van der Waals surface area contributed by atoms with Crippen molar-refractivity contribution >= 4 is 5.91 Å². The van der Waals surface area contributed by atoms with Crippen LogP contribution < -0.4 is 11.3 Å². The van der Waals surface area contributed by atoms with E-state index in [1.54, 1.807) is 6.92 Å². The maximum atomic E-state index is 13.3. The Bertz CT molecular complexity index is 1510. The van der Waals surface area contributed by atoms with Crippen LogP contribution in [-0.4, -0.2) is 25.6 Å². The Morgan fingerprint density at radius 2 is 1.81 bits per heavy atom. The largest absolute Gasteiger partial charge is 0.439 e. The Labute approximate surface area is 206 Å². The molecule has 0 bridgehead atoms. The highest BCUT2D eigenvalue weighted by molar-refractivity contribution is 5.80. The summed E-state index contributed by atoms with van der Waals surface area (Å²) in [4.78, 5) is 54.1. The Morgan fingerprint density at radius 1 is 1.08 bits per heavy atom. The van der Waals surface area contributed by atoms with Gasteiger partial charge < -0.3 is 0 Å². The lowest BCUT2D eigenvalue weighted by atomic mass is 9.96. The first kappa shape index (κ1) is 24.6. The summed E-state index contributed by atoms with van der Waals surface area (Å²) in [5, 5.41) is 6.21. The topological polar surface area (TPSA) is 140 Å². The molecule has 2 aromatic carbocycles. The second kappa shape index (κ2) is 10.9. The molecule has 4 rings (SSSR count). The summed E-state index contributed by atoms with van der Waals surface area (Å²) in [6, 6.07) is 15.2. The van der Waals surface area contributed by atoms with Gasteiger partial charge in [-0.05, 0) is 36.5 Å². The second-order valence-electron chi connectivity index (χ2n) is 8.43. The summed E-state index contributed by atoms with van der Waals surface area (Å²) in [6.07, 6.45) is 2.79. The van der Waals surface area contributed by atoms with Crippen molar-refractivity contribution in [3.8, 4) is 22.5 Å². The minimum absolute atomic E-state index is 0.326. The minimum atomic E-state index is -0.925. The van der Waals surface area contributed by atoms with Crippen LogP contribution in [0, 0.1) is 11.8 Å². The van der Waals surface area contributed by atoms with Gasteiger partial charge in [-0.15, -0.1) is 4.91 Å². The number of carbonyl (C=O) groups excluding carboxylic acids is 1. The lowest BCUT2D eigenvalue weighted by Gasteiger charge is -2.14. The Balaban J connectivity index is 1.69. The third-order valence-electron chi connectivity index (χ3n) is 5.97. The molecule has 36 heavy (non-hydrogen) atoms. The van der Waals surface area contributed by atoms with Crippen molar-refractivity contribution in [2.24, 2.45) is 5.18 Å². The molecule has 0 radical (unpaired) electrons. The van der Waals surface area contributed by atoms with Gasteiger partial charge in [-0.25, -0.2) is 9.78 Å². The number of nitrogens with one attached hydrogen (secondary N) is 1. The van der Waals surface area contributed by atoms with Gasteiger partial charge in [0.25, 0.3) is 5.56 Å². The summed E-state index contributed by atoms with van der Waals surface area (Å²) in [6.45, 7) is 3.28. The van der Waals surface area contributed by atoms with Gasteiger partial charge in [-0.3, -0.25) is 23.7 Å². The lowest BCUT2D eigenvalue weighted by molar-refractivity contribution is -0.118. The summed E-state index contributed by atoms with van der Waals surface area (Å²) >= 11 is 0. The van der Waals surface area contributed by atoms with E-state index in [4.69, 9.17) is 0 Å². The first-order chi connectivity index (χ1) is 17.4. The van der Waals surface area contributed by atoms with E-state index in [1.165, 1.54) is 4.57 Å². The van der Waals surface area contributed by atoms with Crippen LogP contribution >= 0.6 is 0 Å². The highest BCUT2D eigenvalue weighted by Crippen LogP contribution is 2.30. The molecule has 2 heterocycles. The molecule has 1 amide bonds. The van der Waals surface area contributed by atoms with Crippen molar-refractivity contribution in [3.63, 3.8) is 0 Å². The molecule has 10 nitrogen and oxygen atoms in total. The zero-order valence-corrected chi connectivity index (χ0v) is 20.0. The molecular weight excluding hydrogens is 462 g/mol. The normalized spacial score (nSPS) is 10.9. The molecular formula is C26H25N5O5. The van der Waals surface area contributed by atoms with E-state index < -0.39 is 18.2 Å². The van der Waals surface area contributed by atoms with Crippen LogP contribution in [0.5, 0.6) is 0 Å². The van der Waals surface area contributed by atoms with Crippen molar-refractivity contribution in [2.75, 3.05) is 0 Å². The standard InChI is InChI=1S/C26H25N5O5/c1-3-4-9-22-21(25(33)31(16(2)27-22)15-23(32)29-35)14-17-10-12-18(13-11-17)19-7-5-6-8-20(19)24-28-26(34)36-30-24/h5-8,10-13H,3-4,9,14-15H2,1-2H3,(H,28,30,34). The SMILES string of the molecule is CCCCc1nc(C)n(CC(=O)N=O)c(=O)c1Cc1ccc(-c2ccccc2-c2noc(=O)[nH]2)cc1. The third-order valence-corrected chi connectivity index (χ3v) is 5.97. The molecule has 10 heteroatoms. The van der Waals surface area contributed by atoms with E-state index >= 15 is 0 Å². The van der Waals surface area contributed by atoms with E-state index in [1.807, 2.05) is 48.5 Å². The molecule has 0 aliphatic carbocycles. The monoisotopic (exact) mass is 487 g/mol. The third kappa shape index (κ3) is 5.27. The van der Waals surface area contributed by atoms with Gasteiger partial charge in [0, 0.05) is 22.7 Å². The summed E-state index contributed by atoms with van der Waals surface area (Å²) in [5.74, 6) is -0.835. The number of unbranched alkanes of at least 4 members (excludes halogenated alkanes) is 1. The van der Waals surface area contributed by atoms with E-state index in [9.17, 15) is 19.3 Å². The van der Waals surface area contributed by atoms with Gasteiger partial charge in [0.1, 0.15) is 12.4 Å². The van der Waals surface area contributed by atoms with Gasteiger partial charge >= 0.3 is 11.7 Å². The smallest absolute Gasteiger partial charge is 0.296 e. The van der Waals surface area contributed by atoms with Crippen LogP contribution in [0.4, 0.5) is 0 Å². The molecule has 0 aliphatic heterocycles. The predicted molar refractivity (Wildman–Crippen MR) is 133 cm³/mol. The van der Waals surface area contributed by atoms with Gasteiger partial charge in [-0.2, -0.15) is 0 Å². The number of hydrogen-bond acceptors (Lipinski definition) is 7. The molecule has 0 atom stereocenters. The fourth-order valence-electron chi connectivity index (χ4n) is 4.13. The van der Waals surface area contributed by atoms with Crippen LogP contribution in [0.1, 0.15) is 42.4 Å². The number of aromatic nitrogens is 4. The molecule has 0 saturated heterocycles. The lowest BCUT2D eigenvalue weighted by Crippen LogP contribution is -2.31. The average molecular weight is 488 g/mol. The fourth-order valence-corrected chi connectivity index (χ4v) is 4.13. The van der Waals surface area contributed by atoms with Crippen LogP contribution in [-0.2, 0) is 24.2 Å². The zero-order valence-electron chi connectivity index (χ0n) is 20.0. The molecule has 0 fully saturated rings. The summed E-state index contributed by atoms with van der Waals surface area (Å²) < 4.78 is 5.86. The number of nitroso groups, excluding NO2 is 1. The van der Waals surface area contributed by atoms with E-state index in [-0.39, 0.29) is 5.56 Å². The maximum absolute atomic E-state index is 13.3. The molecule has 4 aromatic rings. The van der Waals surface area contributed by atoms with Crippen LogP contribution in [0.3, 0.4) is 0 Å². The van der Waals surface area contributed by atoms with Gasteiger partial charge in [0.2, 0.25) is 0 Å². The molecule has 184 valence electrons. The number of carbonyl (C=O) groups is 1.